The van der Waals surface area contributed by atoms with Crippen LogP contribution in [0, 0.1) is 22.0 Å². The van der Waals surface area contributed by atoms with Crippen LogP contribution < -0.4 is 4.90 Å². The standard InChI is InChI=1S/C13H18N2O2/c1-10-7-11(2)9-14(8-10)12-3-5-13(6-4-12)15(16)17/h3-6,10-11H,7-9H2,1-2H3. The molecule has 0 spiro atoms. The Morgan fingerprint density at radius 3 is 2.18 bits per heavy atom. The minimum Gasteiger partial charge on any atom is -0.371 e. The molecule has 1 aromatic carbocycles. The third-order valence-corrected chi connectivity index (χ3v) is 3.29. The van der Waals surface area contributed by atoms with Crippen molar-refractivity contribution in [1.82, 2.24) is 0 Å². The highest BCUT2D eigenvalue weighted by molar-refractivity contribution is 5.51. The molecule has 17 heavy (non-hydrogen) atoms. The van der Waals surface area contributed by atoms with Crippen molar-refractivity contribution in [1.29, 1.82) is 0 Å². The molecule has 0 saturated carbocycles. The number of benzene rings is 1. The maximum atomic E-state index is 10.6. The molecule has 1 heterocycles. The first-order valence-electron chi connectivity index (χ1n) is 6.05. The molecule has 2 atom stereocenters. The van der Waals surface area contributed by atoms with Gasteiger partial charge in [0.05, 0.1) is 4.92 Å². The van der Waals surface area contributed by atoms with Crippen molar-refractivity contribution in [2.24, 2.45) is 11.8 Å². The van der Waals surface area contributed by atoms with E-state index in [0.29, 0.717) is 11.8 Å². The van der Waals surface area contributed by atoms with Gasteiger partial charge in [-0.25, -0.2) is 0 Å². The van der Waals surface area contributed by atoms with Crippen molar-refractivity contribution in [3.63, 3.8) is 0 Å². The molecule has 1 aromatic rings. The smallest absolute Gasteiger partial charge is 0.269 e. The van der Waals surface area contributed by atoms with Gasteiger partial charge in [-0.05, 0) is 30.4 Å². The second-order valence-corrected chi connectivity index (χ2v) is 5.12. The van der Waals surface area contributed by atoms with E-state index in [4.69, 9.17) is 0 Å². The molecule has 1 saturated heterocycles. The lowest BCUT2D eigenvalue weighted by Crippen LogP contribution is -2.38. The van der Waals surface area contributed by atoms with Gasteiger partial charge in [-0.15, -0.1) is 0 Å². The van der Waals surface area contributed by atoms with Crippen LogP contribution in [0.3, 0.4) is 0 Å². The van der Waals surface area contributed by atoms with Crippen LogP contribution in [0.5, 0.6) is 0 Å². The monoisotopic (exact) mass is 234 g/mol. The quantitative estimate of drug-likeness (QED) is 0.583. The number of nitro groups is 1. The van der Waals surface area contributed by atoms with Crippen LogP contribution in [0.15, 0.2) is 24.3 Å². The van der Waals surface area contributed by atoms with E-state index in [1.54, 1.807) is 12.1 Å². The Hall–Kier alpha value is -1.58. The number of anilines is 1. The van der Waals surface area contributed by atoms with Crippen molar-refractivity contribution in [3.05, 3.63) is 34.4 Å². The van der Waals surface area contributed by atoms with Gasteiger partial charge >= 0.3 is 0 Å². The molecule has 0 aromatic heterocycles. The minimum absolute atomic E-state index is 0.159. The maximum Gasteiger partial charge on any atom is 0.269 e. The highest BCUT2D eigenvalue weighted by atomic mass is 16.6. The summed E-state index contributed by atoms with van der Waals surface area (Å²) in [6, 6.07) is 6.87. The fourth-order valence-corrected chi connectivity index (χ4v) is 2.66. The zero-order valence-electron chi connectivity index (χ0n) is 10.3. The van der Waals surface area contributed by atoms with Gasteiger partial charge in [-0.3, -0.25) is 10.1 Å². The maximum absolute atomic E-state index is 10.6. The predicted octanol–water partition coefficient (Wildman–Crippen LogP) is 3.08. The minimum atomic E-state index is -0.356. The Morgan fingerprint density at radius 2 is 1.71 bits per heavy atom. The third kappa shape index (κ3) is 2.75. The number of hydrogen-bond acceptors (Lipinski definition) is 3. The molecule has 2 unspecified atom stereocenters. The highest BCUT2D eigenvalue weighted by Gasteiger charge is 2.22. The second-order valence-electron chi connectivity index (χ2n) is 5.12. The van der Waals surface area contributed by atoms with Gasteiger partial charge in [-0.1, -0.05) is 13.8 Å². The molecule has 1 fully saturated rings. The Kier molecular flexibility index (Phi) is 3.31. The summed E-state index contributed by atoms with van der Waals surface area (Å²) in [5.41, 5.74) is 1.25. The van der Waals surface area contributed by atoms with E-state index in [1.165, 1.54) is 6.42 Å². The molecule has 92 valence electrons. The van der Waals surface area contributed by atoms with E-state index in [-0.39, 0.29) is 10.6 Å². The van der Waals surface area contributed by atoms with E-state index in [9.17, 15) is 10.1 Å². The summed E-state index contributed by atoms with van der Waals surface area (Å²) >= 11 is 0. The molecule has 2 rings (SSSR count). The van der Waals surface area contributed by atoms with Crippen LogP contribution in [0.1, 0.15) is 20.3 Å². The zero-order valence-corrected chi connectivity index (χ0v) is 10.3. The van der Waals surface area contributed by atoms with E-state index in [2.05, 4.69) is 18.7 Å². The van der Waals surface area contributed by atoms with Crippen LogP contribution in [-0.4, -0.2) is 18.0 Å². The Labute approximate surface area is 101 Å². The molecular formula is C13H18N2O2. The molecule has 0 radical (unpaired) electrons. The number of non-ortho nitro benzene ring substituents is 1. The van der Waals surface area contributed by atoms with Crippen LogP contribution in [0.2, 0.25) is 0 Å². The first kappa shape index (κ1) is 11.9. The van der Waals surface area contributed by atoms with Crippen molar-refractivity contribution < 1.29 is 4.92 Å². The van der Waals surface area contributed by atoms with Gasteiger partial charge in [0.15, 0.2) is 0 Å². The lowest BCUT2D eigenvalue weighted by atomic mass is 9.91. The average Bonchev–Trinajstić information content (AvgIpc) is 2.28. The molecule has 4 nitrogen and oxygen atoms in total. The molecule has 4 heteroatoms. The van der Waals surface area contributed by atoms with Crippen molar-refractivity contribution in [3.8, 4) is 0 Å². The van der Waals surface area contributed by atoms with E-state index < -0.39 is 0 Å². The first-order valence-corrected chi connectivity index (χ1v) is 6.05. The summed E-state index contributed by atoms with van der Waals surface area (Å²) < 4.78 is 0. The van der Waals surface area contributed by atoms with Gasteiger partial charge in [0.25, 0.3) is 5.69 Å². The molecule has 0 bridgehead atoms. The summed E-state index contributed by atoms with van der Waals surface area (Å²) in [6.45, 7) is 6.60. The van der Waals surface area contributed by atoms with E-state index in [1.807, 2.05) is 12.1 Å². The van der Waals surface area contributed by atoms with Crippen molar-refractivity contribution in [2.45, 2.75) is 20.3 Å². The van der Waals surface area contributed by atoms with Crippen molar-refractivity contribution >= 4 is 11.4 Å². The first-order chi connectivity index (χ1) is 8.06. The molecular weight excluding hydrogens is 216 g/mol. The Bertz CT molecular complexity index is 392. The summed E-state index contributed by atoms with van der Waals surface area (Å²) in [7, 11) is 0. The molecule has 0 N–H and O–H groups in total. The van der Waals surface area contributed by atoms with Crippen LogP contribution >= 0.6 is 0 Å². The van der Waals surface area contributed by atoms with Gasteiger partial charge in [0.2, 0.25) is 0 Å². The lowest BCUT2D eigenvalue weighted by molar-refractivity contribution is -0.384. The number of rotatable bonds is 2. The Morgan fingerprint density at radius 1 is 1.18 bits per heavy atom. The van der Waals surface area contributed by atoms with Gasteiger partial charge in [0.1, 0.15) is 0 Å². The second kappa shape index (κ2) is 4.73. The topological polar surface area (TPSA) is 46.4 Å². The summed E-state index contributed by atoms with van der Waals surface area (Å²) in [6.07, 6.45) is 1.27. The van der Waals surface area contributed by atoms with Crippen molar-refractivity contribution in [2.75, 3.05) is 18.0 Å². The largest absolute Gasteiger partial charge is 0.371 e. The third-order valence-electron chi connectivity index (χ3n) is 3.29. The normalized spacial score (nSPS) is 24.7. The number of hydrogen-bond donors (Lipinski definition) is 0. The fraction of sp³-hybridized carbons (Fsp3) is 0.538. The van der Waals surface area contributed by atoms with E-state index in [0.717, 1.165) is 18.8 Å². The number of piperidine rings is 1. The number of nitrogens with zero attached hydrogens (tertiary/aromatic N) is 2. The van der Waals surface area contributed by atoms with Gasteiger partial charge < -0.3 is 4.90 Å². The van der Waals surface area contributed by atoms with Crippen LogP contribution in [0.25, 0.3) is 0 Å². The highest BCUT2D eigenvalue weighted by Crippen LogP contribution is 2.27. The number of nitro benzene ring substituents is 1. The lowest BCUT2D eigenvalue weighted by Gasteiger charge is -2.36. The van der Waals surface area contributed by atoms with Gasteiger partial charge in [0, 0.05) is 30.9 Å². The average molecular weight is 234 g/mol. The SMILES string of the molecule is CC1CC(C)CN(c2ccc([N+](=O)[O-])cc2)C1. The van der Waals surface area contributed by atoms with Gasteiger partial charge in [-0.2, -0.15) is 0 Å². The van der Waals surface area contributed by atoms with E-state index >= 15 is 0 Å². The van der Waals surface area contributed by atoms with Crippen LogP contribution in [-0.2, 0) is 0 Å². The Balaban J connectivity index is 2.14. The fourth-order valence-electron chi connectivity index (χ4n) is 2.66. The van der Waals surface area contributed by atoms with Crippen LogP contribution in [0.4, 0.5) is 11.4 Å². The molecule has 0 amide bonds. The predicted molar refractivity (Wildman–Crippen MR) is 68.3 cm³/mol. The zero-order chi connectivity index (χ0) is 12.4. The summed E-state index contributed by atoms with van der Waals surface area (Å²) in [5, 5.41) is 10.6. The molecule has 0 aliphatic carbocycles. The molecule has 1 aliphatic rings. The summed E-state index contributed by atoms with van der Waals surface area (Å²) in [4.78, 5) is 12.6. The summed E-state index contributed by atoms with van der Waals surface area (Å²) in [5.74, 6) is 1.38. The molecule has 1 aliphatic heterocycles.